The van der Waals surface area contributed by atoms with Crippen LogP contribution in [0, 0.1) is 0 Å². The Labute approximate surface area is 69.2 Å². The molecule has 12 heavy (non-hydrogen) atoms. The first-order chi connectivity index (χ1) is 5.51. The summed E-state index contributed by atoms with van der Waals surface area (Å²) in [5.74, 6) is -1.95. The molecule has 0 aromatic heterocycles. The summed E-state index contributed by atoms with van der Waals surface area (Å²) in [6, 6.07) is 0. The van der Waals surface area contributed by atoms with E-state index in [1.165, 1.54) is 0 Å². The van der Waals surface area contributed by atoms with E-state index < -0.39 is 24.1 Å². The lowest BCUT2D eigenvalue weighted by Gasteiger charge is -2.40. The first-order valence-corrected chi connectivity index (χ1v) is 3.62. The summed E-state index contributed by atoms with van der Waals surface area (Å²) in [4.78, 5) is 0. The van der Waals surface area contributed by atoms with Crippen molar-refractivity contribution in [1.29, 1.82) is 0 Å². The minimum Gasteiger partial charge on any atom is -0.388 e. The number of rotatable bonds is 1. The van der Waals surface area contributed by atoms with Gasteiger partial charge in [-0.25, -0.2) is 0 Å². The van der Waals surface area contributed by atoms with Crippen molar-refractivity contribution >= 4 is 0 Å². The summed E-state index contributed by atoms with van der Waals surface area (Å²) in [5, 5.41) is 36.7. The quantitative estimate of drug-likeness (QED) is 0.288. The molecule has 0 spiro atoms. The van der Waals surface area contributed by atoms with Crippen LogP contribution in [0.4, 0.5) is 0 Å². The molecular weight excluding hydrogens is 166 g/mol. The van der Waals surface area contributed by atoms with Gasteiger partial charge in [0.25, 0.3) is 0 Å². The number of aliphatic hydroxyl groups excluding tert-OH is 3. The van der Waals surface area contributed by atoms with E-state index in [9.17, 15) is 10.2 Å². The minimum atomic E-state index is -1.95. The van der Waals surface area contributed by atoms with E-state index in [1.807, 2.05) is 0 Å². The van der Waals surface area contributed by atoms with Gasteiger partial charge in [-0.15, -0.1) is 0 Å². The zero-order chi connectivity index (χ0) is 9.35. The Hall–Kier alpha value is -0.240. The van der Waals surface area contributed by atoms with Gasteiger partial charge < -0.3 is 30.9 Å². The van der Waals surface area contributed by atoms with E-state index in [-0.39, 0.29) is 13.2 Å². The highest BCUT2D eigenvalue weighted by atomic mass is 16.6. The lowest BCUT2D eigenvalue weighted by molar-refractivity contribution is -0.315. The Morgan fingerprint density at radius 3 is 2.50 bits per heavy atom. The number of hydrogen-bond acceptors (Lipinski definition) is 6. The number of ether oxygens (including phenoxy) is 1. The van der Waals surface area contributed by atoms with Crippen LogP contribution in [-0.2, 0) is 4.74 Å². The predicted molar refractivity (Wildman–Crippen MR) is 38.0 cm³/mol. The van der Waals surface area contributed by atoms with Crippen LogP contribution in [0.25, 0.3) is 0 Å². The first-order valence-electron chi connectivity index (χ1n) is 3.62. The zero-order valence-electron chi connectivity index (χ0n) is 6.42. The Bertz CT molecular complexity index is 166. The molecule has 1 heterocycles. The van der Waals surface area contributed by atoms with Crippen molar-refractivity contribution in [2.24, 2.45) is 5.73 Å². The maximum Gasteiger partial charge on any atom is 0.207 e. The fraction of sp³-hybridized carbons (Fsp3) is 1.00. The molecule has 6 heteroatoms. The van der Waals surface area contributed by atoms with Gasteiger partial charge in [0.05, 0.1) is 6.61 Å². The second-order valence-corrected chi connectivity index (χ2v) is 2.86. The summed E-state index contributed by atoms with van der Waals surface area (Å²) in [6.07, 6.45) is -4.19. The summed E-state index contributed by atoms with van der Waals surface area (Å²) in [6.45, 7) is -0.579. The molecule has 0 amide bonds. The van der Waals surface area contributed by atoms with Crippen LogP contribution < -0.4 is 5.73 Å². The Balaban J connectivity index is 2.71. The zero-order valence-corrected chi connectivity index (χ0v) is 6.42. The topological polar surface area (TPSA) is 116 Å². The first kappa shape index (κ1) is 9.85. The van der Waals surface area contributed by atoms with Gasteiger partial charge in [-0.1, -0.05) is 0 Å². The molecule has 1 aliphatic heterocycles. The number of aliphatic hydroxyl groups is 4. The molecule has 1 saturated heterocycles. The van der Waals surface area contributed by atoms with Crippen molar-refractivity contribution in [3.05, 3.63) is 0 Å². The summed E-state index contributed by atoms with van der Waals surface area (Å²) >= 11 is 0. The number of nitrogens with two attached hydrogens (primary N) is 1. The molecule has 1 aliphatic rings. The van der Waals surface area contributed by atoms with Gasteiger partial charge in [-0.05, 0) is 0 Å². The highest BCUT2D eigenvalue weighted by molar-refractivity contribution is 4.91. The van der Waals surface area contributed by atoms with Gasteiger partial charge in [0.1, 0.15) is 18.3 Å². The van der Waals surface area contributed by atoms with Gasteiger partial charge in [0, 0.05) is 6.54 Å². The lowest BCUT2D eigenvalue weighted by atomic mass is 9.97. The van der Waals surface area contributed by atoms with Crippen LogP contribution in [0.1, 0.15) is 0 Å². The molecule has 0 saturated carbocycles. The highest BCUT2D eigenvalue weighted by Gasteiger charge is 2.47. The fourth-order valence-electron chi connectivity index (χ4n) is 1.07. The second kappa shape index (κ2) is 3.25. The highest BCUT2D eigenvalue weighted by Crippen LogP contribution is 2.22. The average Bonchev–Trinajstić information content (AvgIpc) is 2.09. The largest absolute Gasteiger partial charge is 0.388 e. The van der Waals surface area contributed by atoms with Crippen LogP contribution in [0.15, 0.2) is 0 Å². The molecule has 0 aliphatic carbocycles. The van der Waals surface area contributed by atoms with Crippen molar-refractivity contribution in [2.75, 3.05) is 13.2 Å². The van der Waals surface area contributed by atoms with Gasteiger partial charge in [-0.2, -0.15) is 0 Å². The van der Waals surface area contributed by atoms with E-state index in [4.69, 9.17) is 15.9 Å². The van der Waals surface area contributed by atoms with E-state index in [2.05, 4.69) is 4.74 Å². The minimum absolute atomic E-state index is 0.244. The lowest BCUT2D eigenvalue weighted by Crippen LogP contribution is -2.63. The molecule has 0 bridgehead atoms. The number of hydrogen-bond donors (Lipinski definition) is 5. The molecule has 72 valence electrons. The third-order valence-corrected chi connectivity index (χ3v) is 1.98. The van der Waals surface area contributed by atoms with Gasteiger partial charge >= 0.3 is 0 Å². The smallest absolute Gasteiger partial charge is 0.207 e. The van der Waals surface area contributed by atoms with Crippen LogP contribution in [-0.4, -0.2) is 57.7 Å². The van der Waals surface area contributed by atoms with E-state index in [0.717, 1.165) is 0 Å². The molecule has 6 N–H and O–H groups in total. The molecule has 6 nitrogen and oxygen atoms in total. The third-order valence-electron chi connectivity index (χ3n) is 1.98. The summed E-state index contributed by atoms with van der Waals surface area (Å²) in [5.41, 5.74) is 5.11. The molecule has 4 atom stereocenters. The standard InChI is InChI=1S/C6H13NO5/c7-2-6(11)5(10)4(9)3(8)1-12-6/h3-5,8-11H,1-2,7H2/t3-,4?,5-,6-/m0/s1. The van der Waals surface area contributed by atoms with Crippen molar-refractivity contribution < 1.29 is 25.2 Å². The average molecular weight is 179 g/mol. The Morgan fingerprint density at radius 1 is 1.42 bits per heavy atom. The second-order valence-electron chi connectivity index (χ2n) is 2.86. The summed E-state index contributed by atoms with van der Waals surface area (Å²) < 4.78 is 4.68. The molecule has 1 rings (SSSR count). The van der Waals surface area contributed by atoms with E-state index in [1.54, 1.807) is 0 Å². The summed E-state index contributed by atoms with van der Waals surface area (Å²) in [7, 11) is 0. The van der Waals surface area contributed by atoms with E-state index >= 15 is 0 Å². The van der Waals surface area contributed by atoms with Crippen LogP contribution in [0.5, 0.6) is 0 Å². The predicted octanol–water partition coefficient (Wildman–Crippen LogP) is -3.25. The maximum absolute atomic E-state index is 9.37. The Kier molecular flexibility index (Phi) is 2.67. The van der Waals surface area contributed by atoms with Crippen LogP contribution in [0.2, 0.25) is 0 Å². The fourth-order valence-corrected chi connectivity index (χ4v) is 1.07. The van der Waals surface area contributed by atoms with Crippen LogP contribution >= 0.6 is 0 Å². The van der Waals surface area contributed by atoms with Crippen molar-refractivity contribution in [3.8, 4) is 0 Å². The van der Waals surface area contributed by atoms with E-state index in [0.29, 0.717) is 0 Å². The normalized spacial score (nSPS) is 49.2. The van der Waals surface area contributed by atoms with Gasteiger partial charge in [0.2, 0.25) is 5.79 Å². The molecule has 0 aromatic rings. The molecule has 0 aromatic carbocycles. The SMILES string of the molecule is NC[C@]1(O)OC[C@H](O)C(O)[C@@H]1O. The molecular formula is C6H13NO5. The van der Waals surface area contributed by atoms with Crippen molar-refractivity contribution in [3.63, 3.8) is 0 Å². The molecule has 1 unspecified atom stereocenters. The van der Waals surface area contributed by atoms with Crippen LogP contribution in [0.3, 0.4) is 0 Å². The van der Waals surface area contributed by atoms with Crippen molar-refractivity contribution in [1.82, 2.24) is 0 Å². The Morgan fingerprint density at radius 2 is 2.00 bits per heavy atom. The molecule has 1 fully saturated rings. The maximum atomic E-state index is 9.37. The van der Waals surface area contributed by atoms with Crippen molar-refractivity contribution in [2.45, 2.75) is 24.1 Å². The molecule has 0 radical (unpaired) electrons. The monoisotopic (exact) mass is 179 g/mol. The third kappa shape index (κ3) is 1.45. The van der Waals surface area contributed by atoms with Gasteiger partial charge in [0.15, 0.2) is 0 Å². The van der Waals surface area contributed by atoms with Gasteiger partial charge in [-0.3, -0.25) is 0 Å².